The number of likely N-dealkylation sites (tertiary alicyclic amines) is 1. The second kappa shape index (κ2) is 7.69. The number of hydrogen-bond donors (Lipinski definition) is 1. The van der Waals surface area contributed by atoms with Crippen LogP contribution < -0.4 is 0 Å². The number of amides is 1. The minimum atomic E-state index is -4.31. The van der Waals surface area contributed by atoms with Gasteiger partial charge in [-0.2, -0.15) is 0 Å². The quantitative estimate of drug-likeness (QED) is 0.758. The van der Waals surface area contributed by atoms with Gasteiger partial charge in [0.25, 0.3) is 0 Å². The summed E-state index contributed by atoms with van der Waals surface area (Å²) in [5.74, 6) is -2.09. The lowest BCUT2D eigenvalue weighted by Crippen LogP contribution is -2.59. The van der Waals surface area contributed by atoms with Crippen molar-refractivity contribution in [1.82, 2.24) is 4.90 Å². The molecular formula is C19H26FNO6S. The van der Waals surface area contributed by atoms with Gasteiger partial charge in [-0.15, -0.1) is 0 Å². The lowest BCUT2D eigenvalue weighted by atomic mass is 9.89. The normalized spacial score (nSPS) is 23.3. The van der Waals surface area contributed by atoms with E-state index in [4.69, 9.17) is 4.74 Å². The van der Waals surface area contributed by atoms with Crippen LogP contribution in [0.1, 0.15) is 47.0 Å². The van der Waals surface area contributed by atoms with Crippen LogP contribution in [0.2, 0.25) is 0 Å². The molecule has 156 valence electrons. The van der Waals surface area contributed by atoms with E-state index in [0.717, 1.165) is 24.3 Å². The lowest BCUT2D eigenvalue weighted by molar-refractivity contribution is -0.142. The van der Waals surface area contributed by atoms with Crippen LogP contribution in [0, 0.1) is 5.82 Å². The highest BCUT2D eigenvalue weighted by Crippen LogP contribution is 2.39. The molecular weight excluding hydrogens is 389 g/mol. The first kappa shape index (κ1) is 22.1. The molecule has 2 unspecified atom stereocenters. The van der Waals surface area contributed by atoms with Gasteiger partial charge in [-0.1, -0.05) is 6.92 Å². The van der Waals surface area contributed by atoms with Crippen molar-refractivity contribution in [2.75, 3.05) is 6.54 Å². The van der Waals surface area contributed by atoms with E-state index in [0.29, 0.717) is 6.42 Å². The number of carbonyl (C=O) groups is 2. The number of benzene rings is 1. The molecule has 0 spiro atoms. The third-order valence-corrected chi connectivity index (χ3v) is 7.36. The van der Waals surface area contributed by atoms with Gasteiger partial charge < -0.3 is 14.7 Å². The SMILES string of the molecule is CCC1CC(C(=O)O)(S(=O)(=O)c2ccc(F)cc2)CCN1C(=O)OC(C)(C)C. The van der Waals surface area contributed by atoms with E-state index in [1.54, 1.807) is 27.7 Å². The summed E-state index contributed by atoms with van der Waals surface area (Å²) in [4.78, 5) is 25.8. The number of hydrogen-bond acceptors (Lipinski definition) is 5. The number of carboxylic acid groups (broad SMARTS) is 1. The van der Waals surface area contributed by atoms with Gasteiger partial charge in [-0.3, -0.25) is 4.79 Å². The van der Waals surface area contributed by atoms with E-state index < -0.39 is 44.1 Å². The molecule has 1 N–H and O–H groups in total. The first-order valence-electron chi connectivity index (χ1n) is 9.07. The second-order valence-corrected chi connectivity index (χ2v) is 10.2. The van der Waals surface area contributed by atoms with Gasteiger partial charge in [0.15, 0.2) is 14.6 Å². The zero-order valence-corrected chi connectivity index (χ0v) is 17.3. The molecule has 2 rings (SSSR count). The molecule has 1 amide bonds. The summed E-state index contributed by atoms with van der Waals surface area (Å²) >= 11 is 0. The van der Waals surface area contributed by atoms with Gasteiger partial charge in [0.2, 0.25) is 0 Å². The van der Waals surface area contributed by atoms with Crippen molar-refractivity contribution in [3.05, 3.63) is 30.1 Å². The van der Waals surface area contributed by atoms with Gasteiger partial charge >= 0.3 is 12.1 Å². The average molecular weight is 415 g/mol. The molecule has 0 bridgehead atoms. The second-order valence-electron chi connectivity index (χ2n) is 7.95. The minimum absolute atomic E-state index is 0.0693. The summed E-state index contributed by atoms with van der Waals surface area (Å²) < 4.78 is 42.9. The molecule has 1 heterocycles. The van der Waals surface area contributed by atoms with E-state index in [-0.39, 0.29) is 24.3 Å². The first-order chi connectivity index (χ1) is 12.8. The van der Waals surface area contributed by atoms with Gasteiger partial charge in [0, 0.05) is 12.6 Å². The van der Waals surface area contributed by atoms with Gasteiger partial charge in [-0.05, 0) is 64.3 Å². The molecule has 1 aromatic carbocycles. The molecule has 9 heteroatoms. The predicted octanol–water partition coefficient (Wildman–Crippen LogP) is 3.23. The zero-order valence-electron chi connectivity index (χ0n) is 16.4. The molecule has 1 fully saturated rings. The fraction of sp³-hybridized carbons (Fsp3) is 0.579. The van der Waals surface area contributed by atoms with E-state index in [1.165, 1.54) is 4.90 Å². The van der Waals surface area contributed by atoms with Crippen LogP contribution in [0.5, 0.6) is 0 Å². The fourth-order valence-electron chi connectivity index (χ4n) is 3.39. The topological polar surface area (TPSA) is 101 Å². The Morgan fingerprint density at radius 3 is 2.32 bits per heavy atom. The Morgan fingerprint density at radius 1 is 1.29 bits per heavy atom. The molecule has 0 radical (unpaired) electrons. The Labute approximate surface area is 164 Å². The van der Waals surface area contributed by atoms with Gasteiger partial charge in [-0.25, -0.2) is 17.6 Å². The number of sulfone groups is 1. The Kier molecular flexibility index (Phi) is 6.08. The van der Waals surface area contributed by atoms with Crippen molar-refractivity contribution >= 4 is 21.9 Å². The summed E-state index contributed by atoms with van der Waals surface area (Å²) in [6.07, 6.45) is -0.777. The van der Waals surface area contributed by atoms with Crippen molar-refractivity contribution in [3.63, 3.8) is 0 Å². The molecule has 7 nitrogen and oxygen atoms in total. The maximum atomic E-state index is 13.2. The van der Waals surface area contributed by atoms with Crippen molar-refractivity contribution in [1.29, 1.82) is 0 Å². The number of carboxylic acids is 1. The molecule has 0 aliphatic carbocycles. The summed E-state index contributed by atoms with van der Waals surface area (Å²) in [6.45, 7) is 6.84. The van der Waals surface area contributed by atoms with Crippen molar-refractivity contribution in [2.24, 2.45) is 0 Å². The fourth-order valence-corrected chi connectivity index (χ4v) is 5.34. The number of piperidine rings is 1. The zero-order chi connectivity index (χ0) is 21.3. The van der Waals surface area contributed by atoms with Crippen molar-refractivity contribution < 1.29 is 32.2 Å². The largest absolute Gasteiger partial charge is 0.480 e. The molecule has 0 saturated carbocycles. The average Bonchev–Trinajstić information content (AvgIpc) is 2.59. The summed E-state index contributed by atoms with van der Waals surface area (Å²) in [6, 6.07) is 3.48. The van der Waals surface area contributed by atoms with Gasteiger partial charge in [0.1, 0.15) is 11.4 Å². The molecule has 1 saturated heterocycles. The molecule has 2 atom stereocenters. The third kappa shape index (κ3) is 4.14. The number of ether oxygens (including phenoxy) is 1. The highest BCUT2D eigenvalue weighted by Gasteiger charge is 2.56. The smallest absolute Gasteiger partial charge is 0.410 e. The van der Waals surface area contributed by atoms with E-state index in [9.17, 15) is 27.5 Å². The summed E-state index contributed by atoms with van der Waals surface area (Å²) in [5.41, 5.74) is -0.725. The van der Waals surface area contributed by atoms with Crippen LogP contribution in [0.15, 0.2) is 29.2 Å². The van der Waals surface area contributed by atoms with Crippen molar-refractivity contribution in [3.8, 4) is 0 Å². The van der Waals surface area contributed by atoms with E-state index >= 15 is 0 Å². The number of halogens is 1. The highest BCUT2D eigenvalue weighted by molar-refractivity contribution is 7.93. The highest BCUT2D eigenvalue weighted by atomic mass is 32.2. The molecule has 28 heavy (non-hydrogen) atoms. The van der Waals surface area contributed by atoms with Gasteiger partial charge in [0.05, 0.1) is 4.90 Å². The number of carbonyl (C=O) groups excluding carboxylic acids is 1. The Morgan fingerprint density at radius 2 is 1.86 bits per heavy atom. The van der Waals surface area contributed by atoms with Crippen LogP contribution >= 0.6 is 0 Å². The monoisotopic (exact) mass is 415 g/mol. The molecule has 1 aliphatic heterocycles. The number of rotatable bonds is 4. The molecule has 0 aromatic heterocycles. The first-order valence-corrected chi connectivity index (χ1v) is 10.6. The van der Waals surface area contributed by atoms with Crippen molar-refractivity contribution in [2.45, 2.75) is 68.2 Å². The summed E-state index contributed by atoms with van der Waals surface area (Å²) in [7, 11) is -4.31. The van der Waals surface area contributed by atoms with Crippen LogP contribution in [0.25, 0.3) is 0 Å². The van der Waals surface area contributed by atoms with Crippen LogP contribution in [-0.2, 0) is 19.4 Å². The lowest BCUT2D eigenvalue weighted by Gasteiger charge is -2.43. The maximum Gasteiger partial charge on any atom is 0.410 e. The third-order valence-electron chi connectivity index (χ3n) is 4.89. The number of nitrogens with zero attached hydrogens (tertiary/aromatic N) is 1. The van der Waals surface area contributed by atoms with Crippen LogP contribution in [0.4, 0.5) is 9.18 Å². The Bertz CT molecular complexity index is 846. The van der Waals surface area contributed by atoms with E-state index in [1.807, 2.05) is 0 Å². The number of aliphatic carboxylic acids is 1. The summed E-state index contributed by atoms with van der Waals surface area (Å²) in [5, 5.41) is 9.88. The molecule has 1 aromatic rings. The predicted molar refractivity (Wildman–Crippen MR) is 100 cm³/mol. The minimum Gasteiger partial charge on any atom is -0.480 e. The van der Waals surface area contributed by atoms with Crippen LogP contribution in [0.3, 0.4) is 0 Å². The van der Waals surface area contributed by atoms with Crippen LogP contribution in [-0.4, -0.2) is 53.4 Å². The van der Waals surface area contributed by atoms with E-state index in [2.05, 4.69) is 0 Å². The maximum absolute atomic E-state index is 13.2. The Hall–Kier alpha value is -2.16. The Balaban J connectivity index is 2.41. The molecule has 1 aliphatic rings. The standard InChI is InChI=1S/C19H26FNO6S/c1-5-14-12-19(16(22)23,10-11-21(14)17(24)27-18(2,3)4)28(25,26)15-8-6-13(20)7-9-15/h6-9,14H,5,10-12H2,1-4H3,(H,22,23).